The highest BCUT2D eigenvalue weighted by atomic mass is 16.6. The fourth-order valence-corrected chi connectivity index (χ4v) is 2.16. The Morgan fingerprint density at radius 1 is 1.41 bits per heavy atom. The monoisotopic (exact) mass is 236 g/mol. The standard InChI is InChI=1S/C12H16N2O3/c15-12-2-1-7-13(9-12)8-10-3-5-11(6-4-10)14(16)17/h3-6,12,15H,1-2,7-9H2. The minimum absolute atomic E-state index is 0.118. The van der Waals surface area contributed by atoms with Gasteiger partial charge in [-0.05, 0) is 24.9 Å². The zero-order chi connectivity index (χ0) is 12.3. The van der Waals surface area contributed by atoms with Gasteiger partial charge in [0.05, 0.1) is 11.0 Å². The second-order valence-electron chi connectivity index (χ2n) is 4.45. The fraction of sp³-hybridized carbons (Fsp3) is 0.500. The van der Waals surface area contributed by atoms with Crippen LogP contribution in [0.4, 0.5) is 5.69 Å². The van der Waals surface area contributed by atoms with Crippen molar-refractivity contribution in [1.82, 2.24) is 4.90 Å². The van der Waals surface area contributed by atoms with Crippen molar-refractivity contribution in [2.75, 3.05) is 13.1 Å². The average Bonchev–Trinajstić information content (AvgIpc) is 2.29. The topological polar surface area (TPSA) is 66.6 Å². The molecule has 1 aliphatic rings. The Hall–Kier alpha value is -1.46. The molecule has 2 rings (SSSR count). The summed E-state index contributed by atoms with van der Waals surface area (Å²) in [6, 6.07) is 6.60. The molecule has 1 heterocycles. The summed E-state index contributed by atoms with van der Waals surface area (Å²) in [5.41, 5.74) is 1.16. The molecule has 1 saturated heterocycles. The zero-order valence-electron chi connectivity index (χ0n) is 9.58. The van der Waals surface area contributed by atoms with E-state index in [1.165, 1.54) is 12.1 Å². The van der Waals surface area contributed by atoms with E-state index >= 15 is 0 Å². The summed E-state index contributed by atoms with van der Waals surface area (Å²) in [6.07, 6.45) is 1.65. The first-order valence-electron chi connectivity index (χ1n) is 5.79. The fourth-order valence-electron chi connectivity index (χ4n) is 2.16. The summed E-state index contributed by atoms with van der Waals surface area (Å²) in [7, 11) is 0. The van der Waals surface area contributed by atoms with Crippen LogP contribution in [0, 0.1) is 10.1 Å². The van der Waals surface area contributed by atoms with Crippen LogP contribution in [0.25, 0.3) is 0 Å². The second kappa shape index (κ2) is 5.25. The molecule has 1 aromatic rings. The summed E-state index contributed by atoms with van der Waals surface area (Å²) in [6.45, 7) is 2.42. The number of likely N-dealkylation sites (tertiary alicyclic amines) is 1. The van der Waals surface area contributed by atoms with Gasteiger partial charge in [-0.2, -0.15) is 0 Å². The SMILES string of the molecule is O=[N+]([O-])c1ccc(CN2CCCC(O)C2)cc1. The van der Waals surface area contributed by atoms with Crippen molar-refractivity contribution in [2.24, 2.45) is 0 Å². The third-order valence-corrected chi connectivity index (χ3v) is 3.03. The van der Waals surface area contributed by atoms with Crippen LogP contribution in [0.3, 0.4) is 0 Å². The molecule has 0 radical (unpaired) electrons. The molecule has 1 fully saturated rings. The summed E-state index contributed by atoms with van der Waals surface area (Å²) >= 11 is 0. The van der Waals surface area contributed by atoms with Crippen LogP contribution in [0.5, 0.6) is 0 Å². The van der Waals surface area contributed by atoms with Crippen LogP contribution in [-0.4, -0.2) is 34.1 Å². The minimum Gasteiger partial charge on any atom is -0.392 e. The van der Waals surface area contributed by atoms with E-state index in [-0.39, 0.29) is 11.8 Å². The number of nitro benzene ring substituents is 1. The molecule has 1 atom stereocenters. The van der Waals surface area contributed by atoms with Gasteiger partial charge in [0.1, 0.15) is 0 Å². The second-order valence-corrected chi connectivity index (χ2v) is 4.45. The van der Waals surface area contributed by atoms with E-state index in [1.807, 2.05) is 0 Å². The Labute approximate surface area is 99.8 Å². The third kappa shape index (κ3) is 3.25. The molecule has 0 saturated carbocycles. The van der Waals surface area contributed by atoms with Gasteiger partial charge in [-0.15, -0.1) is 0 Å². The maximum atomic E-state index is 10.5. The summed E-state index contributed by atoms with van der Waals surface area (Å²) < 4.78 is 0. The highest BCUT2D eigenvalue weighted by Crippen LogP contribution is 2.16. The predicted octanol–water partition coefficient (Wildman–Crippen LogP) is 1.55. The van der Waals surface area contributed by atoms with E-state index in [0.717, 1.165) is 31.5 Å². The summed E-state index contributed by atoms with van der Waals surface area (Å²) in [4.78, 5) is 12.3. The lowest BCUT2D eigenvalue weighted by Crippen LogP contribution is -2.37. The molecule has 0 aromatic heterocycles. The number of piperidine rings is 1. The number of hydrogen-bond donors (Lipinski definition) is 1. The Bertz CT molecular complexity index is 391. The zero-order valence-corrected chi connectivity index (χ0v) is 9.58. The van der Waals surface area contributed by atoms with E-state index < -0.39 is 4.92 Å². The number of hydrogen-bond acceptors (Lipinski definition) is 4. The number of β-amino-alcohol motifs (C(OH)–C–C–N with tert-alkyl or cyclic N) is 1. The Morgan fingerprint density at radius 2 is 2.12 bits per heavy atom. The molecule has 5 heteroatoms. The molecule has 5 nitrogen and oxygen atoms in total. The van der Waals surface area contributed by atoms with E-state index in [0.29, 0.717) is 6.54 Å². The Kier molecular flexibility index (Phi) is 3.71. The normalized spacial score (nSPS) is 21.4. The number of nitro groups is 1. The van der Waals surface area contributed by atoms with E-state index in [2.05, 4.69) is 4.90 Å². The summed E-state index contributed by atoms with van der Waals surface area (Å²) in [5.74, 6) is 0. The predicted molar refractivity (Wildman–Crippen MR) is 63.6 cm³/mol. The molecule has 1 N–H and O–H groups in total. The molecule has 0 bridgehead atoms. The molecule has 92 valence electrons. The van der Waals surface area contributed by atoms with Crippen LogP contribution >= 0.6 is 0 Å². The first kappa shape index (κ1) is 12.0. The van der Waals surface area contributed by atoms with Crippen molar-refractivity contribution in [3.8, 4) is 0 Å². The first-order valence-corrected chi connectivity index (χ1v) is 5.79. The van der Waals surface area contributed by atoms with Crippen LogP contribution < -0.4 is 0 Å². The molecular formula is C12H16N2O3. The minimum atomic E-state index is -0.394. The van der Waals surface area contributed by atoms with Gasteiger partial charge in [0, 0.05) is 25.2 Å². The van der Waals surface area contributed by atoms with Crippen LogP contribution in [0.1, 0.15) is 18.4 Å². The smallest absolute Gasteiger partial charge is 0.269 e. The third-order valence-electron chi connectivity index (χ3n) is 3.03. The van der Waals surface area contributed by atoms with E-state index in [4.69, 9.17) is 0 Å². The maximum absolute atomic E-state index is 10.5. The van der Waals surface area contributed by atoms with Gasteiger partial charge >= 0.3 is 0 Å². The van der Waals surface area contributed by atoms with Crippen molar-refractivity contribution < 1.29 is 10.0 Å². The van der Waals surface area contributed by atoms with Crippen molar-refractivity contribution >= 4 is 5.69 Å². The molecule has 1 aliphatic heterocycles. The highest BCUT2D eigenvalue weighted by molar-refractivity contribution is 5.32. The van der Waals surface area contributed by atoms with Crippen LogP contribution in [0.15, 0.2) is 24.3 Å². The van der Waals surface area contributed by atoms with Crippen LogP contribution in [0.2, 0.25) is 0 Å². The Balaban J connectivity index is 1.96. The maximum Gasteiger partial charge on any atom is 0.269 e. The molecule has 0 amide bonds. The average molecular weight is 236 g/mol. The molecule has 17 heavy (non-hydrogen) atoms. The number of nitrogens with zero attached hydrogens (tertiary/aromatic N) is 2. The largest absolute Gasteiger partial charge is 0.392 e. The molecule has 1 unspecified atom stereocenters. The van der Waals surface area contributed by atoms with Gasteiger partial charge in [-0.3, -0.25) is 15.0 Å². The van der Waals surface area contributed by atoms with Gasteiger partial charge in [-0.1, -0.05) is 12.1 Å². The number of aliphatic hydroxyl groups is 1. The van der Waals surface area contributed by atoms with Gasteiger partial charge in [0.25, 0.3) is 5.69 Å². The Morgan fingerprint density at radius 3 is 2.71 bits per heavy atom. The van der Waals surface area contributed by atoms with E-state index in [1.54, 1.807) is 12.1 Å². The molecule has 1 aromatic carbocycles. The number of benzene rings is 1. The van der Waals surface area contributed by atoms with Gasteiger partial charge in [-0.25, -0.2) is 0 Å². The lowest BCUT2D eigenvalue weighted by atomic mass is 10.1. The van der Waals surface area contributed by atoms with Crippen molar-refractivity contribution in [3.05, 3.63) is 39.9 Å². The molecular weight excluding hydrogens is 220 g/mol. The van der Waals surface area contributed by atoms with Gasteiger partial charge in [0.2, 0.25) is 0 Å². The van der Waals surface area contributed by atoms with Crippen molar-refractivity contribution in [1.29, 1.82) is 0 Å². The van der Waals surface area contributed by atoms with Gasteiger partial charge in [0.15, 0.2) is 0 Å². The van der Waals surface area contributed by atoms with Gasteiger partial charge < -0.3 is 5.11 Å². The number of aliphatic hydroxyl groups excluding tert-OH is 1. The van der Waals surface area contributed by atoms with Crippen molar-refractivity contribution in [2.45, 2.75) is 25.5 Å². The lowest BCUT2D eigenvalue weighted by Gasteiger charge is -2.29. The first-order chi connectivity index (χ1) is 8.15. The highest BCUT2D eigenvalue weighted by Gasteiger charge is 2.17. The number of rotatable bonds is 3. The molecule has 0 spiro atoms. The quantitative estimate of drug-likeness (QED) is 0.638. The van der Waals surface area contributed by atoms with Crippen molar-refractivity contribution in [3.63, 3.8) is 0 Å². The summed E-state index contributed by atoms with van der Waals surface area (Å²) in [5, 5.41) is 20.1. The lowest BCUT2D eigenvalue weighted by molar-refractivity contribution is -0.384. The number of non-ortho nitro benzene ring substituents is 1. The van der Waals surface area contributed by atoms with Crippen LogP contribution in [-0.2, 0) is 6.54 Å². The molecule has 0 aliphatic carbocycles. The van der Waals surface area contributed by atoms with E-state index in [9.17, 15) is 15.2 Å².